The van der Waals surface area contributed by atoms with Gasteiger partial charge in [0.05, 0.1) is 13.2 Å². The molecule has 1 heterocycles. The molecule has 2 aliphatic rings. The Morgan fingerprint density at radius 2 is 1.93 bits per heavy atom. The number of carbonyl (C=O) groups excluding carboxylic acids is 1. The van der Waals surface area contributed by atoms with Crippen molar-refractivity contribution >= 4 is 5.78 Å². The lowest BCUT2D eigenvalue weighted by atomic mass is 9.72. The van der Waals surface area contributed by atoms with Crippen LogP contribution in [0, 0.1) is 5.41 Å². The molecule has 1 spiro atoms. The van der Waals surface area contributed by atoms with Gasteiger partial charge in [-0.05, 0) is 17.9 Å². The van der Waals surface area contributed by atoms with Crippen molar-refractivity contribution in [1.29, 1.82) is 0 Å². The van der Waals surface area contributed by atoms with Crippen LogP contribution in [0.5, 0.6) is 0 Å². The average Bonchev–Trinajstić information content (AvgIpc) is 2.50. The van der Waals surface area contributed by atoms with E-state index in [2.05, 4.69) is 13.8 Å². The smallest absolute Gasteiger partial charge is 0.172 e. The molecular weight excluding hydrogens is 192 g/mol. The highest BCUT2D eigenvalue weighted by molar-refractivity contribution is 5.94. The molecule has 0 amide bonds. The van der Waals surface area contributed by atoms with Gasteiger partial charge in [0.1, 0.15) is 0 Å². The third-order valence-corrected chi connectivity index (χ3v) is 3.25. The second-order valence-corrected chi connectivity index (χ2v) is 5.05. The van der Waals surface area contributed by atoms with Gasteiger partial charge in [-0.25, -0.2) is 0 Å². The van der Waals surface area contributed by atoms with E-state index < -0.39 is 5.79 Å². The van der Waals surface area contributed by atoms with Crippen molar-refractivity contribution in [1.82, 2.24) is 0 Å². The van der Waals surface area contributed by atoms with Crippen molar-refractivity contribution in [3.63, 3.8) is 0 Å². The number of allylic oxidation sites excluding steroid dienone is 1. The van der Waals surface area contributed by atoms with E-state index in [1.165, 1.54) is 0 Å². The van der Waals surface area contributed by atoms with E-state index in [0.29, 0.717) is 19.6 Å². The Balaban J connectivity index is 2.26. The summed E-state index contributed by atoms with van der Waals surface area (Å²) in [5.41, 5.74) is 0.765. The molecule has 0 aromatic rings. The van der Waals surface area contributed by atoms with Gasteiger partial charge in [0.2, 0.25) is 0 Å². The summed E-state index contributed by atoms with van der Waals surface area (Å²) in [6.07, 6.45) is 3.45. The fourth-order valence-electron chi connectivity index (χ4n) is 2.71. The molecule has 0 aromatic carbocycles. The highest BCUT2D eigenvalue weighted by Gasteiger charge is 2.46. The summed E-state index contributed by atoms with van der Waals surface area (Å²) in [6, 6.07) is 0. The largest absolute Gasteiger partial charge is 0.347 e. The van der Waals surface area contributed by atoms with Crippen molar-refractivity contribution in [2.24, 2.45) is 5.41 Å². The highest BCUT2D eigenvalue weighted by Crippen LogP contribution is 2.45. The van der Waals surface area contributed by atoms with E-state index >= 15 is 0 Å². The topological polar surface area (TPSA) is 35.5 Å². The summed E-state index contributed by atoms with van der Waals surface area (Å²) in [6.45, 7) is 7.11. The molecule has 15 heavy (non-hydrogen) atoms. The molecule has 1 fully saturated rings. The summed E-state index contributed by atoms with van der Waals surface area (Å²) < 4.78 is 11.3. The fraction of sp³-hybridized carbons (Fsp3) is 0.750. The van der Waals surface area contributed by atoms with E-state index in [-0.39, 0.29) is 11.2 Å². The molecule has 0 atom stereocenters. The summed E-state index contributed by atoms with van der Waals surface area (Å²) in [5.74, 6) is -0.296. The average molecular weight is 210 g/mol. The van der Waals surface area contributed by atoms with Crippen LogP contribution in [0.4, 0.5) is 0 Å². The fourth-order valence-corrected chi connectivity index (χ4v) is 2.71. The van der Waals surface area contributed by atoms with Crippen molar-refractivity contribution in [3.8, 4) is 0 Å². The van der Waals surface area contributed by atoms with Gasteiger partial charge in [0.15, 0.2) is 11.6 Å². The lowest BCUT2D eigenvalue weighted by Crippen LogP contribution is -2.40. The van der Waals surface area contributed by atoms with Crippen molar-refractivity contribution in [2.75, 3.05) is 13.2 Å². The Hall–Kier alpha value is -0.670. The normalized spacial score (nSPS) is 27.8. The van der Waals surface area contributed by atoms with E-state index in [9.17, 15) is 4.79 Å². The first-order chi connectivity index (χ1) is 6.95. The van der Waals surface area contributed by atoms with Crippen molar-refractivity contribution in [2.45, 2.75) is 39.4 Å². The minimum atomic E-state index is -0.456. The van der Waals surface area contributed by atoms with Gasteiger partial charge in [0, 0.05) is 12.8 Å². The van der Waals surface area contributed by atoms with Crippen LogP contribution < -0.4 is 0 Å². The minimum absolute atomic E-state index is 0.144. The van der Waals surface area contributed by atoms with Crippen LogP contribution in [0.25, 0.3) is 0 Å². The number of rotatable bonds is 1. The zero-order valence-electron chi connectivity index (χ0n) is 9.63. The van der Waals surface area contributed by atoms with E-state index in [0.717, 1.165) is 12.0 Å². The lowest BCUT2D eigenvalue weighted by Gasteiger charge is -2.40. The van der Waals surface area contributed by atoms with Crippen LogP contribution in [0.2, 0.25) is 0 Å². The van der Waals surface area contributed by atoms with Gasteiger partial charge in [0.25, 0.3) is 0 Å². The number of ether oxygens (including phenoxy) is 2. The first kappa shape index (κ1) is 10.8. The first-order valence-corrected chi connectivity index (χ1v) is 5.45. The van der Waals surface area contributed by atoms with Crippen molar-refractivity contribution < 1.29 is 14.3 Å². The number of Topliss-reactive ketones (excluding diaryl/α,β-unsaturated/α-hetero) is 1. The summed E-state index contributed by atoms with van der Waals surface area (Å²) >= 11 is 0. The third kappa shape index (κ3) is 1.86. The molecule has 0 unspecified atom stereocenters. The molecule has 1 saturated heterocycles. The lowest BCUT2D eigenvalue weighted by molar-refractivity contribution is -0.177. The number of ketones is 1. The summed E-state index contributed by atoms with van der Waals surface area (Å²) in [7, 11) is 0. The Bertz CT molecular complexity index is 309. The molecule has 0 N–H and O–H groups in total. The van der Waals surface area contributed by atoms with Crippen LogP contribution in [-0.4, -0.2) is 24.8 Å². The molecule has 0 bridgehead atoms. The monoisotopic (exact) mass is 210 g/mol. The molecular formula is C12H18O3. The van der Waals surface area contributed by atoms with Gasteiger partial charge >= 0.3 is 0 Å². The minimum Gasteiger partial charge on any atom is -0.347 e. The van der Waals surface area contributed by atoms with E-state index in [1.54, 1.807) is 6.92 Å². The molecule has 84 valence electrons. The zero-order valence-corrected chi connectivity index (χ0v) is 9.63. The van der Waals surface area contributed by atoms with Crippen LogP contribution in [0.1, 0.15) is 33.6 Å². The molecule has 0 radical (unpaired) electrons. The molecule has 0 aromatic heterocycles. The molecule has 3 heteroatoms. The van der Waals surface area contributed by atoms with Gasteiger partial charge in [-0.1, -0.05) is 19.9 Å². The maximum absolute atomic E-state index is 11.5. The summed E-state index contributed by atoms with van der Waals surface area (Å²) in [4.78, 5) is 11.5. The zero-order chi connectivity index (χ0) is 11.1. The highest BCUT2D eigenvalue weighted by atomic mass is 16.7. The van der Waals surface area contributed by atoms with Crippen LogP contribution >= 0.6 is 0 Å². The predicted octanol–water partition coefficient (Wildman–Crippen LogP) is 2.06. The Labute approximate surface area is 90.4 Å². The number of carbonyl (C=O) groups is 1. The summed E-state index contributed by atoms with van der Waals surface area (Å²) in [5, 5.41) is 0. The maximum Gasteiger partial charge on any atom is 0.172 e. The van der Waals surface area contributed by atoms with Gasteiger partial charge < -0.3 is 9.47 Å². The van der Waals surface area contributed by atoms with Crippen molar-refractivity contribution in [3.05, 3.63) is 11.6 Å². The predicted molar refractivity (Wildman–Crippen MR) is 56.4 cm³/mol. The quantitative estimate of drug-likeness (QED) is 0.664. The van der Waals surface area contributed by atoms with E-state index in [4.69, 9.17) is 9.47 Å². The molecule has 1 aliphatic carbocycles. The Kier molecular flexibility index (Phi) is 2.47. The molecule has 0 saturated carbocycles. The van der Waals surface area contributed by atoms with Gasteiger partial charge in [-0.15, -0.1) is 0 Å². The molecule has 1 aliphatic heterocycles. The second kappa shape index (κ2) is 3.42. The van der Waals surface area contributed by atoms with Gasteiger partial charge in [-0.3, -0.25) is 4.79 Å². The Morgan fingerprint density at radius 3 is 2.40 bits per heavy atom. The van der Waals surface area contributed by atoms with Gasteiger partial charge in [-0.2, -0.15) is 0 Å². The first-order valence-electron chi connectivity index (χ1n) is 5.45. The van der Waals surface area contributed by atoms with E-state index in [1.807, 2.05) is 6.08 Å². The second-order valence-electron chi connectivity index (χ2n) is 5.05. The standard InChI is InChI=1S/C12H18O3/c1-9(13)10-4-5-12(8-11(10,2)3)14-6-7-15-12/h4H,5-8H2,1-3H3. The van der Waals surface area contributed by atoms with Crippen LogP contribution in [-0.2, 0) is 14.3 Å². The number of hydrogen-bond acceptors (Lipinski definition) is 3. The Morgan fingerprint density at radius 1 is 1.33 bits per heavy atom. The molecule has 2 rings (SSSR count). The SMILES string of the molecule is CC(=O)C1=CCC2(CC1(C)C)OCCO2. The third-order valence-electron chi connectivity index (χ3n) is 3.25. The molecule has 3 nitrogen and oxygen atoms in total. The maximum atomic E-state index is 11.5. The number of hydrogen-bond donors (Lipinski definition) is 0. The van der Waals surface area contributed by atoms with Crippen LogP contribution in [0.15, 0.2) is 11.6 Å². The van der Waals surface area contributed by atoms with Crippen LogP contribution in [0.3, 0.4) is 0 Å².